The Hall–Kier alpha value is -0.250. The van der Waals surface area contributed by atoms with Crippen LogP contribution >= 0.6 is 0 Å². The summed E-state index contributed by atoms with van der Waals surface area (Å²) < 4.78 is 35.9. The molecule has 0 radical (unpaired) electrons. The van der Waals surface area contributed by atoms with Crippen LogP contribution in [0, 0.1) is 0 Å². The third-order valence-electron chi connectivity index (χ3n) is 3.21. The van der Waals surface area contributed by atoms with E-state index in [-0.39, 0.29) is 6.42 Å². The molecule has 0 aliphatic carbocycles. The molecular formula is C14H27F3O. The molecule has 0 amide bonds. The van der Waals surface area contributed by atoms with Crippen LogP contribution in [0.5, 0.6) is 0 Å². The maximum absolute atomic E-state index is 12.0. The lowest BCUT2D eigenvalue weighted by Crippen LogP contribution is -2.28. The predicted octanol–water partition coefficient (Wildman–Crippen LogP) is 5.22. The molecule has 1 N–H and O–H groups in total. The standard InChI is InChI=1S/C14H27F3O/c1-2-3-4-5-6-7-8-9-10-11-12-13(18)14(15,16)17/h13,18H,2-12H2,1H3/t13-/m0/s1. The summed E-state index contributed by atoms with van der Waals surface area (Å²) in [5, 5.41) is 8.78. The summed E-state index contributed by atoms with van der Waals surface area (Å²) in [5.74, 6) is 0. The van der Waals surface area contributed by atoms with Crippen LogP contribution in [-0.4, -0.2) is 17.4 Å². The molecule has 0 bridgehead atoms. The lowest BCUT2D eigenvalue weighted by molar-refractivity contribution is -0.205. The minimum atomic E-state index is -4.45. The highest BCUT2D eigenvalue weighted by atomic mass is 19.4. The van der Waals surface area contributed by atoms with Gasteiger partial charge in [0, 0.05) is 0 Å². The maximum atomic E-state index is 12.0. The molecule has 0 spiro atoms. The van der Waals surface area contributed by atoms with Crippen LogP contribution < -0.4 is 0 Å². The summed E-state index contributed by atoms with van der Waals surface area (Å²) in [5.41, 5.74) is 0. The lowest BCUT2D eigenvalue weighted by Gasteiger charge is -2.13. The second kappa shape index (κ2) is 10.7. The van der Waals surface area contributed by atoms with E-state index in [0.29, 0.717) is 6.42 Å². The Kier molecular flexibility index (Phi) is 10.5. The maximum Gasteiger partial charge on any atom is 0.414 e. The number of halogens is 3. The van der Waals surface area contributed by atoms with Crippen molar-refractivity contribution < 1.29 is 18.3 Å². The van der Waals surface area contributed by atoms with Crippen LogP contribution in [0.3, 0.4) is 0 Å². The van der Waals surface area contributed by atoms with Crippen molar-refractivity contribution in [3.63, 3.8) is 0 Å². The summed E-state index contributed by atoms with van der Waals surface area (Å²) in [6, 6.07) is 0. The summed E-state index contributed by atoms with van der Waals surface area (Å²) >= 11 is 0. The quantitative estimate of drug-likeness (QED) is 0.509. The number of hydrogen-bond acceptors (Lipinski definition) is 1. The molecule has 1 nitrogen and oxygen atoms in total. The number of unbranched alkanes of at least 4 members (excludes halogenated alkanes) is 9. The average molecular weight is 268 g/mol. The normalized spacial score (nSPS) is 13.8. The molecule has 0 saturated carbocycles. The second-order valence-electron chi connectivity index (χ2n) is 5.03. The molecule has 0 aliphatic heterocycles. The number of rotatable bonds is 11. The van der Waals surface area contributed by atoms with E-state index in [9.17, 15) is 13.2 Å². The van der Waals surface area contributed by atoms with Crippen LogP contribution in [0.1, 0.15) is 77.6 Å². The Balaban J connectivity index is 3.17. The number of alkyl halides is 3. The summed E-state index contributed by atoms with van der Waals surface area (Å²) in [6.07, 6.45) is 4.18. The van der Waals surface area contributed by atoms with Gasteiger partial charge in [-0.2, -0.15) is 13.2 Å². The first kappa shape index (κ1) is 17.8. The van der Waals surface area contributed by atoms with Crippen molar-refractivity contribution in [2.24, 2.45) is 0 Å². The largest absolute Gasteiger partial charge is 0.414 e. The number of aliphatic hydroxyl groups excluding tert-OH is 1. The highest BCUT2D eigenvalue weighted by Crippen LogP contribution is 2.24. The first-order valence-electron chi connectivity index (χ1n) is 7.23. The zero-order valence-electron chi connectivity index (χ0n) is 11.4. The van der Waals surface area contributed by atoms with E-state index in [0.717, 1.165) is 19.3 Å². The van der Waals surface area contributed by atoms with Gasteiger partial charge in [-0.1, -0.05) is 71.1 Å². The van der Waals surface area contributed by atoms with Crippen molar-refractivity contribution in [1.29, 1.82) is 0 Å². The van der Waals surface area contributed by atoms with Crippen LogP contribution in [0.2, 0.25) is 0 Å². The molecule has 110 valence electrons. The zero-order chi connectivity index (χ0) is 13.9. The second-order valence-corrected chi connectivity index (χ2v) is 5.03. The minimum absolute atomic E-state index is 0.153. The molecule has 4 heteroatoms. The van der Waals surface area contributed by atoms with E-state index in [1.54, 1.807) is 0 Å². The van der Waals surface area contributed by atoms with Crippen molar-refractivity contribution in [3.8, 4) is 0 Å². The van der Waals surface area contributed by atoms with Gasteiger partial charge < -0.3 is 5.11 Å². The fourth-order valence-electron chi connectivity index (χ4n) is 1.99. The Morgan fingerprint density at radius 1 is 0.778 bits per heavy atom. The van der Waals surface area contributed by atoms with Crippen LogP contribution in [0.15, 0.2) is 0 Å². The predicted molar refractivity (Wildman–Crippen MR) is 68.5 cm³/mol. The molecule has 0 unspecified atom stereocenters. The van der Waals surface area contributed by atoms with Crippen molar-refractivity contribution >= 4 is 0 Å². The van der Waals surface area contributed by atoms with E-state index in [4.69, 9.17) is 5.11 Å². The van der Waals surface area contributed by atoms with E-state index in [1.807, 2.05) is 0 Å². The average Bonchev–Trinajstić information content (AvgIpc) is 2.30. The first-order chi connectivity index (χ1) is 8.48. The molecule has 0 heterocycles. The van der Waals surface area contributed by atoms with Crippen molar-refractivity contribution in [2.45, 2.75) is 89.8 Å². The Morgan fingerprint density at radius 2 is 1.17 bits per heavy atom. The van der Waals surface area contributed by atoms with Gasteiger partial charge in [-0.25, -0.2) is 0 Å². The fourth-order valence-corrected chi connectivity index (χ4v) is 1.99. The Morgan fingerprint density at radius 3 is 1.56 bits per heavy atom. The van der Waals surface area contributed by atoms with Gasteiger partial charge in [0.2, 0.25) is 0 Å². The van der Waals surface area contributed by atoms with E-state index < -0.39 is 12.3 Å². The van der Waals surface area contributed by atoms with Crippen LogP contribution in [-0.2, 0) is 0 Å². The highest BCUT2D eigenvalue weighted by Gasteiger charge is 2.37. The molecule has 0 aliphatic rings. The van der Waals surface area contributed by atoms with E-state index >= 15 is 0 Å². The number of aliphatic hydroxyl groups is 1. The molecule has 0 saturated heterocycles. The molecule has 0 fully saturated rings. The molecule has 1 atom stereocenters. The first-order valence-corrected chi connectivity index (χ1v) is 7.23. The van der Waals surface area contributed by atoms with Gasteiger partial charge in [0.05, 0.1) is 0 Å². The van der Waals surface area contributed by atoms with Gasteiger partial charge in [0.15, 0.2) is 0 Å². The van der Waals surface area contributed by atoms with Crippen molar-refractivity contribution in [3.05, 3.63) is 0 Å². The van der Waals surface area contributed by atoms with E-state index in [1.165, 1.54) is 38.5 Å². The third-order valence-corrected chi connectivity index (χ3v) is 3.21. The smallest absolute Gasteiger partial charge is 0.384 e. The van der Waals surface area contributed by atoms with Crippen molar-refractivity contribution in [2.75, 3.05) is 0 Å². The topological polar surface area (TPSA) is 20.2 Å². The minimum Gasteiger partial charge on any atom is -0.384 e. The zero-order valence-corrected chi connectivity index (χ0v) is 11.4. The van der Waals surface area contributed by atoms with E-state index in [2.05, 4.69) is 6.92 Å². The lowest BCUT2D eigenvalue weighted by atomic mass is 10.0. The van der Waals surface area contributed by atoms with Gasteiger partial charge in [0.25, 0.3) is 0 Å². The highest BCUT2D eigenvalue weighted by molar-refractivity contribution is 4.64. The molecular weight excluding hydrogens is 241 g/mol. The molecule has 0 aromatic rings. The Bertz CT molecular complexity index is 180. The third kappa shape index (κ3) is 10.9. The fraction of sp³-hybridized carbons (Fsp3) is 1.00. The van der Waals surface area contributed by atoms with Gasteiger partial charge >= 0.3 is 6.18 Å². The number of hydrogen-bond donors (Lipinski definition) is 1. The summed E-state index contributed by atoms with van der Waals surface area (Å²) in [7, 11) is 0. The van der Waals surface area contributed by atoms with Crippen LogP contribution in [0.4, 0.5) is 13.2 Å². The van der Waals surface area contributed by atoms with Gasteiger partial charge in [-0.15, -0.1) is 0 Å². The SMILES string of the molecule is CCCCCCCCCCCC[C@H](O)C(F)(F)F. The van der Waals surface area contributed by atoms with Crippen molar-refractivity contribution in [1.82, 2.24) is 0 Å². The molecule has 0 aromatic carbocycles. The summed E-state index contributed by atoms with van der Waals surface area (Å²) in [4.78, 5) is 0. The van der Waals surface area contributed by atoms with Crippen LogP contribution in [0.25, 0.3) is 0 Å². The monoisotopic (exact) mass is 268 g/mol. The molecule has 18 heavy (non-hydrogen) atoms. The molecule has 0 rings (SSSR count). The molecule has 0 aromatic heterocycles. The van der Waals surface area contributed by atoms with Gasteiger partial charge in [-0.3, -0.25) is 0 Å². The van der Waals surface area contributed by atoms with Gasteiger partial charge in [0.1, 0.15) is 6.10 Å². The summed E-state index contributed by atoms with van der Waals surface area (Å²) in [6.45, 7) is 2.19. The Labute approximate surface area is 109 Å². The van der Waals surface area contributed by atoms with Gasteiger partial charge in [-0.05, 0) is 6.42 Å².